The van der Waals surface area contributed by atoms with Crippen LogP contribution in [-0.4, -0.2) is 32.5 Å². The molecule has 7 heteroatoms. The maximum absolute atomic E-state index is 11.7. The van der Waals surface area contributed by atoms with Crippen LogP contribution in [0.4, 0.5) is 10.5 Å². The molecule has 0 aromatic heterocycles. The minimum Gasteiger partial charge on any atom is -0.338 e. The quantitative estimate of drug-likeness (QED) is 0.895. The number of hydrogen-bond donors (Lipinski definition) is 2. The zero-order chi connectivity index (χ0) is 13.9. The Bertz CT molecular complexity index is 574. The lowest BCUT2D eigenvalue weighted by atomic mass is 10.1. The smallest absolute Gasteiger partial charge is 0.319 e. The lowest BCUT2D eigenvalue weighted by molar-refractivity contribution is 0.250. The summed E-state index contributed by atoms with van der Waals surface area (Å²) in [5.41, 5.74) is 0.528. The van der Waals surface area contributed by atoms with Crippen LogP contribution in [0.3, 0.4) is 0 Å². The third kappa shape index (κ3) is 4.11. The number of carbonyl (C=O) groups excluding carboxylic acids is 1. The van der Waals surface area contributed by atoms with Gasteiger partial charge in [-0.1, -0.05) is 23.7 Å². The summed E-state index contributed by atoms with van der Waals surface area (Å²) in [4.78, 5) is 11.7. The number of para-hydroxylation sites is 1. The van der Waals surface area contributed by atoms with Crippen molar-refractivity contribution in [1.29, 1.82) is 0 Å². The third-order valence-corrected chi connectivity index (χ3v) is 5.17. The highest BCUT2D eigenvalue weighted by Gasteiger charge is 2.27. The van der Waals surface area contributed by atoms with Crippen LogP contribution in [0.2, 0.25) is 5.02 Å². The van der Waals surface area contributed by atoms with Gasteiger partial charge < -0.3 is 10.6 Å². The summed E-state index contributed by atoms with van der Waals surface area (Å²) in [6.45, 7) is 0.357. The van der Waals surface area contributed by atoms with Gasteiger partial charge in [-0.2, -0.15) is 0 Å². The molecule has 0 spiro atoms. The maximum atomic E-state index is 11.7. The highest BCUT2D eigenvalue weighted by Crippen LogP contribution is 2.20. The number of halogens is 1. The number of rotatable bonds is 3. The second-order valence-electron chi connectivity index (χ2n) is 4.58. The van der Waals surface area contributed by atoms with E-state index in [2.05, 4.69) is 10.6 Å². The van der Waals surface area contributed by atoms with Crippen molar-refractivity contribution < 1.29 is 13.2 Å². The van der Waals surface area contributed by atoms with Crippen LogP contribution < -0.4 is 10.6 Å². The molecule has 5 nitrogen and oxygen atoms in total. The van der Waals surface area contributed by atoms with Gasteiger partial charge in [0.25, 0.3) is 0 Å². The average molecular weight is 303 g/mol. The Hall–Kier alpha value is -1.27. The monoisotopic (exact) mass is 302 g/mol. The van der Waals surface area contributed by atoms with E-state index in [-0.39, 0.29) is 23.5 Å². The van der Waals surface area contributed by atoms with Crippen molar-refractivity contribution in [2.45, 2.75) is 6.42 Å². The zero-order valence-corrected chi connectivity index (χ0v) is 11.8. The van der Waals surface area contributed by atoms with Crippen molar-refractivity contribution in [2.75, 3.05) is 23.4 Å². The molecule has 0 unspecified atom stereocenters. The summed E-state index contributed by atoms with van der Waals surface area (Å²) in [5, 5.41) is 5.75. The lowest BCUT2D eigenvalue weighted by Crippen LogP contribution is -2.33. The first-order valence-electron chi connectivity index (χ1n) is 5.96. The Morgan fingerprint density at radius 2 is 2.11 bits per heavy atom. The second kappa shape index (κ2) is 5.79. The fourth-order valence-corrected chi connectivity index (χ4v) is 4.04. The summed E-state index contributed by atoms with van der Waals surface area (Å²) in [6, 6.07) is 6.54. The molecule has 0 radical (unpaired) electrons. The predicted molar refractivity (Wildman–Crippen MR) is 75.2 cm³/mol. The van der Waals surface area contributed by atoms with Crippen molar-refractivity contribution in [2.24, 2.45) is 5.92 Å². The predicted octanol–water partition coefficient (Wildman–Crippen LogP) is 1.90. The molecule has 1 fully saturated rings. The molecule has 104 valence electrons. The third-order valence-electron chi connectivity index (χ3n) is 3.00. The fourth-order valence-electron chi connectivity index (χ4n) is 2.00. The topological polar surface area (TPSA) is 75.3 Å². The van der Waals surface area contributed by atoms with E-state index >= 15 is 0 Å². The van der Waals surface area contributed by atoms with Gasteiger partial charge in [0.2, 0.25) is 0 Å². The number of urea groups is 1. The Kier molecular flexibility index (Phi) is 4.31. The number of carbonyl (C=O) groups is 1. The van der Waals surface area contributed by atoms with Gasteiger partial charge in [0.05, 0.1) is 22.2 Å². The second-order valence-corrected chi connectivity index (χ2v) is 7.22. The van der Waals surface area contributed by atoms with Crippen molar-refractivity contribution in [3.63, 3.8) is 0 Å². The van der Waals surface area contributed by atoms with Gasteiger partial charge in [-0.15, -0.1) is 0 Å². The molecular formula is C12H15ClN2O3S. The van der Waals surface area contributed by atoms with Crippen molar-refractivity contribution in [1.82, 2.24) is 5.32 Å². The molecule has 0 bridgehead atoms. The number of hydrogen-bond acceptors (Lipinski definition) is 3. The van der Waals surface area contributed by atoms with Crippen LogP contribution in [0, 0.1) is 5.92 Å². The SMILES string of the molecule is O=C(NC[C@H]1CCS(=O)(=O)C1)Nc1ccccc1Cl. The number of benzene rings is 1. The molecule has 2 N–H and O–H groups in total. The lowest BCUT2D eigenvalue weighted by Gasteiger charge is -2.11. The van der Waals surface area contributed by atoms with Gasteiger partial charge in [-0.05, 0) is 24.5 Å². The van der Waals surface area contributed by atoms with Crippen molar-refractivity contribution in [3.8, 4) is 0 Å². The summed E-state index contributed by atoms with van der Waals surface area (Å²) in [6.07, 6.45) is 0.606. The van der Waals surface area contributed by atoms with Gasteiger partial charge in [-0.25, -0.2) is 13.2 Å². The van der Waals surface area contributed by atoms with Gasteiger partial charge in [0.15, 0.2) is 9.84 Å². The van der Waals surface area contributed by atoms with Crippen LogP contribution in [0.15, 0.2) is 24.3 Å². The van der Waals surface area contributed by atoms with E-state index in [9.17, 15) is 13.2 Å². The Labute approximate surface area is 117 Å². The van der Waals surface area contributed by atoms with Gasteiger partial charge >= 0.3 is 6.03 Å². The van der Waals surface area contributed by atoms with Crippen LogP contribution in [0.25, 0.3) is 0 Å². The fraction of sp³-hybridized carbons (Fsp3) is 0.417. The molecule has 1 aliphatic heterocycles. The van der Waals surface area contributed by atoms with E-state index in [0.717, 1.165) is 0 Å². The summed E-state index contributed by atoms with van der Waals surface area (Å²) < 4.78 is 22.6. The molecular weight excluding hydrogens is 288 g/mol. The molecule has 19 heavy (non-hydrogen) atoms. The molecule has 1 aliphatic rings. The van der Waals surface area contributed by atoms with Crippen LogP contribution in [0.1, 0.15) is 6.42 Å². The van der Waals surface area contributed by atoms with E-state index in [0.29, 0.717) is 23.7 Å². The average Bonchev–Trinajstić information content (AvgIpc) is 2.69. The first-order chi connectivity index (χ1) is 8.96. The minimum absolute atomic E-state index is 0.00185. The molecule has 2 rings (SSSR count). The number of amides is 2. The largest absolute Gasteiger partial charge is 0.338 e. The van der Waals surface area contributed by atoms with Crippen molar-refractivity contribution >= 4 is 33.2 Å². The van der Waals surface area contributed by atoms with Crippen LogP contribution in [-0.2, 0) is 9.84 Å². The first-order valence-corrected chi connectivity index (χ1v) is 8.16. The molecule has 0 aliphatic carbocycles. The van der Waals surface area contributed by atoms with Crippen LogP contribution in [0.5, 0.6) is 0 Å². The van der Waals surface area contributed by atoms with E-state index in [1.165, 1.54) is 0 Å². The summed E-state index contributed by atoms with van der Waals surface area (Å²) in [5.74, 6) is 0.368. The Morgan fingerprint density at radius 3 is 2.74 bits per heavy atom. The van der Waals surface area contributed by atoms with Crippen LogP contribution >= 0.6 is 11.6 Å². The molecule has 1 atom stereocenters. The molecule has 1 saturated heterocycles. The van der Waals surface area contributed by atoms with E-state index < -0.39 is 9.84 Å². The molecule has 0 saturated carbocycles. The number of sulfone groups is 1. The highest BCUT2D eigenvalue weighted by molar-refractivity contribution is 7.91. The first kappa shape index (κ1) is 14.1. The van der Waals surface area contributed by atoms with E-state index in [1.807, 2.05) is 0 Å². The molecule has 2 amide bonds. The highest BCUT2D eigenvalue weighted by atomic mass is 35.5. The van der Waals surface area contributed by atoms with Crippen molar-refractivity contribution in [3.05, 3.63) is 29.3 Å². The maximum Gasteiger partial charge on any atom is 0.319 e. The molecule has 1 heterocycles. The molecule has 1 aromatic rings. The van der Waals surface area contributed by atoms with Gasteiger partial charge in [0.1, 0.15) is 0 Å². The normalized spacial score (nSPS) is 21.0. The summed E-state index contributed by atoms with van der Waals surface area (Å²) >= 11 is 5.91. The number of nitrogens with one attached hydrogen (secondary N) is 2. The zero-order valence-electron chi connectivity index (χ0n) is 10.2. The van der Waals surface area contributed by atoms with Gasteiger partial charge in [0, 0.05) is 6.54 Å². The van der Waals surface area contributed by atoms with E-state index in [1.54, 1.807) is 24.3 Å². The van der Waals surface area contributed by atoms with Gasteiger partial charge in [-0.3, -0.25) is 0 Å². The molecule has 1 aromatic carbocycles. The Balaban J connectivity index is 1.81. The Morgan fingerprint density at radius 1 is 1.37 bits per heavy atom. The summed E-state index contributed by atoms with van der Waals surface area (Å²) in [7, 11) is -2.90. The minimum atomic E-state index is -2.90. The van der Waals surface area contributed by atoms with E-state index in [4.69, 9.17) is 11.6 Å². The number of anilines is 1. The standard InChI is InChI=1S/C12H15ClN2O3S/c13-10-3-1-2-4-11(10)15-12(16)14-7-9-5-6-19(17,18)8-9/h1-4,9H,5-8H2,(H2,14,15,16)/t9-/m1/s1.